The van der Waals surface area contributed by atoms with Crippen molar-refractivity contribution in [2.75, 3.05) is 0 Å². The van der Waals surface area contributed by atoms with Crippen LogP contribution in [0.1, 0.15) is 47.0 Å². The number of carboxylic acid groups (broad SMARTS) is 1. The van der Waals surface area contributed by atoms with Crippen LogP contribution in [0.15, 0.2) is 0 Å². The third-order valence-corrected chi connectivity index (χ3v) is 4.34. The number of rotatable bonds is 3. The average Bonchev–Trinajstić information content (AvgIpc) is 2.67. The second kappa shape index (κ2) is 4.39. The molecule has 0 aliphatic heterocycles. The van der Waals surface area contributed by atoms with E-state index >= 15 is 0 Å². The molecular formula is C14H23NO4. The van der Waals surface area contributed by atoms with Gasteiger partial charge in [0.15, 0.2) is 0 Å². The largest absolute Gasteiger partial charge is 0.481 e. The van der Waals surface area contributed by atoms with Gasteiger partial charge >= 0.3 is 12.1 Å². The Balaban J connectivity index is 1.91. The van der Waals surface area contributed by atoms with E-state index < -0.39 is 17.7 Å². The molecule has 3 aliphatic carbocycles. The average molecular weight is 269 g/mol. The van der Waals surface area contributed by atoms with Crippen LogP contribution in [0.25, 0.3) is 0 Å². The van der Waals surface area contributed by atoms with E-state index in [1.807, 2.05) is 20.8 Å². The van der Waals surface area contributed by atoms with Gasteiger partial charge in [-0.05, 0) is 51.9 Å². The first-order chi connectivity index (χ1) is 8.62. The van der Waals surface area contributed by atoms with E-state index in [1.165, 1.54) is 0 Å². The Morgan fingerprint density at radius 3 is 2.37 bits per heavy atom. The lowest BCUT2D eigenvalue weighted by molar-refractivity contribution is -0.143. The van der Waals surface area contributed by atoms with Crippen LogP contribution in [-0.2, 0) is 9.53 Å². The summed E-state index contributed by atoms with van der Waals surface area (Å²) in [6, 6.07) is 0. The molecular weight excluding hydrogens is 246 g/mol. The van der Waals surface area contributed by atoms with Gasteiger partial charge in [0.1, 0.15) is 5.60 Å². The van der Waals surface area contributed by atoms with E-state index in [0.29, 0.717) is 5.92 Å². The number of carbonyl (C=O) groups is 2. The fourth-order valence-corrected chi connectivity index (χ4v) is 3.47. The van der Waals surface area contributed by atoms with Crippen molar-refractivity contribution in [3.63, 3.8) is 0 Å². The first-order valence-electron chi connectivity index (χ1n) is 6.86. The Bertz CT molecular complexity index is 393. The minimum absolute atomic E-state index is 0.174. The zero-order valence-electron chi connectivity index (χ0n) is 12.0. The molecule has 3 fully saturated rings. The molecule has 0 radical (unpaired) electrons. The number of hydrogen-bond donors (Lipinski definition) is 2. The first-order valence-corrected chi connectivity index (χ1v) is 6.86. The molecule has 0 spiro atoms. The molecule has 108 valence electrons. The molecule has 0 aromatic heterocycles. The summed E-state index contributed by atoms with van der Waals surface area (Å²) in [4.78, 5) is 22.9. The van der Waals surface area contributed by atoms with Crippen LogP contribution in [0.3, 0.4) is 0 Å². The summed E-state index contributed by atoms with van der Waals surface area (Å²) in [5.41, 5.74) is -0.725. The van der Waals surface area contributed by atoms with Gasteiger partial charge in [-0.1, -0.05) is 6.92 Å². The highest BCUT2D eigenvalue weighted by atomic mass is 16.6. The van der Waals surface area contributed by atoms with Crippen LogP contribution in [0.5, 0.6) is 0 Å². The van der Waals surface area contributed by atoms with E-state index in [4.69, 9.17) is 9.84 Å². The van der Waals surface area contributed by atoms with Crippen molar-refractivity contribution >= 4 is 12.1 Å². The quantitative estimate of drug-likeness (QED) is 0.825. The predicted octanol–water partition coefficient (Wildman–Crippen LogP) is 2.40. The van der Waals surface area contributed by atoms with Gasteiger partial charge in [-0.15, -0.1) is 0 Å². The highest BCUT2D eigenvalue weighted by Crippen LogP contribution is 2.57. The highest BCUT2D eigenvalue weighted by molar-refractivity contribution is 5.71. The molecule has 0 heterocycles. The Morgan fingerprint density at radius 2 is 1.89 bits per heavy atom. The third-order valence-electron chi connectivity index (χ3n) is 4.34. The second-order valence-electron chi connectivity index (χ2n) is 7.07. The summed E-state index contributed by atoms with van der Waals surface area (Å²) in [5, 5.41) is 12.0. The Kier molecular flexibility index (Phi) is 3.27. The maximum absolute atomic E-state index is 11.8. The second-order valence-corrected chi connectivity index (χ2v) is 7.07. The van der Waals surface area contributed by atoms with E-state index in [1.54, 1.807) is 6.92 Å². The predicted molar refractivity (Wildman–Crippen MR) is 69.7 cm³/mol. The summed E-state index contributed by atoms with van der Waals surface area (Å²) >= 11 is 0. The number of carbonyl (C=O) groups excluding carboxylic acids is 1. The molecule has 0 saturated heterocycles. The molecule has 3 rings (SSSR count). The van der Waals surface area contributed by atoms with E-state index in [2.05, 4.69) is 5.32 Å². The minimum atomic E-state index is -0.745. The van der Waals surface area contributed by atoms with Crippen LogP contribution in [-0.4, -0.2) is 28.3 Å². The summed E-state index contributed by atoms with van der Waals surface area (Å²) < 4.78 is 5.27. The monoisotopic (exact) mass is 269 g/mol. The first kappa shape index (κ1) is 14.2. The lowest BCUT2D eigenvalue weighted by Crippen LogP contribution is -2.53. The van der Waals surface area contributed by atoms with Gasteiger partial charge in [-0.2, -0.15) is 0 Å². The van der Waals surface area contributed by atoms with Crippen molar-refractivity contribution in [3.8, 4) is 0 Å². The molecule has 19 heavy (non-hydrogen) atoms. The van der Waals surface area contributed by atoms with Crippen LogP contribution in [0.4, 0.5) is 4.79 Å². The van der Waals surface area contributed by atoms with E-state index in [9.17, 15) is 9.59 Å². The summed E-state index contributed by atoms with van der Waals surface area (Å²) in [6.07, 6.45) is 2.13. The SMILES string of the molecule is CC(C(=O)O)[C@@H]1CC2(NC(=O)OC(C)(C)C)CC1C2. The molecule has 2 bridgehead atoms. The van der Waals surface area contributed by atoms with Crippen LogP contribution in [0, 0.1) is 17.8 Å². The number of fused-ring (bicyclic) bond motifs is 1. The summed E-state index contributed by atoms with van der Waals surface area (Å²) in [5.74, 6) is -0.478. The van der Waals surface area contributed by atoms with Crippen LogP contribution >= 0.6 is 0 Å². The van der Waals surface area contributed by atoms with Crippen molar-refractivity contribution in [2.24, 2.45) is 17.8 Å². The molecule has 3 aliphatic rings. The fourth-order valence-electron chi connectivity index (χ4n) is 3.47. The molecule has 3 saturated carbocycles. The number of ether oxygens (including phenoxy) is 1. The van der Waals surface area contributed by atoms with Crippen molar-refractivity contribution in [1.29, 1.82) is 0 Å². The number of carboxylic acids is 1. The van der Waals surface area contributed by atoms with Gasteiger partial charge in [-0.25, -0.2) is 4.79 Å². The number of alkyl carbamates (subject to hydrolysis) is 1. The Hall–Kier alpha value is -1.26. The Morgan fingerprint density at radius 1 is 1.32 bits per heavy atom. The fraction of sp³-hybridized carbons (Fsp3) is 0.857. The zero-order chi connectivity index (χ0) is 14.4. The maximum Gasteiger partial charge on any atom is 0.408 e. The van der Waals surface area contributed by atoms with Gasteiger partial charge in [0.2, 0.25) is 0 Å². The molecule has 2 atom stereocenters. The van der Waals surface area contributed by atoms with Crippen molar-refractivity contribution in [2.45, 2.75) is 58.1 Å². The number of aliphatic carboxylic acids is 1. The van der Waals surface area contributed by atoms with Gasteiger partial charge < -0.3 is 15.2 Å². The van der Waals surface area contributed by atoms with Gasteiger partial charge in [0, 0.05) is 5.54 Å². The molecule has 5 nitrogen and oxygen atoms in total. The van der Waals surface area contributed by atoms with Gasteiger partial charge in [0.05, 0.1) is 5.92 Å². The normalized spacial score (nSPS) is 34.3. The lowest BCUT2D eigenvalue weighted by atomic mass is 9.75. The maximum atomic E-state index is 11.8. The van der Waals surface area contributed by atoms with Gasteiger partial charge in [-0.3, -0.25) is 4.79 Å². The lowest BCUT2D eigenvalue weighted by Gasteiger charge is -2.39. The molecule has 5 heteroatoms. The van der Waals surface area contributed by atoms with Crippen molar-refractivity contribution in [1.82, 2.24) is 5.32 Å². The highest BCUT2D eigenvalue weighted by Gasteiger charge is 2.59. The van der Waals surface area contributed by atoms with Gasteiger partial charge in [0.25, 0.3) is 0 Å². The topological polar surface area (TPSA) is 75.6 Å². The molecule has 0 aromatic rings. The van der Waals surface area contributed by atoms with Crippen molar-refractivity contribution in [3.05, 3.63) is 0 Å². The molecule has 1 unspecified atom stereocenters. The standard InChI is InChI=1S/C14H23NO4/c1-8(11(16)17)10-7-14(5-9(10)6-14)15-12(18)19-13(2,3)4/h8-10H,5-7H2,1-4H3,(H,15,18)(H,16,17)/t8?,9?,10-,14?/m0/s1. The summed E-state index contributed by atoms with van der Waals surface area (Å²) in [7, 11) is 0. The summed E-state index contributed by atoms with van der Waals surface area (Å²) in [6.45, 7) is 7.25. The molecule has 2 N–H and O–H groups in total. The van der Waals surface area contributed by atoms with Crippen molar-refractivity contribution < 1.29 is 19.4 Å². The van der Waals surface area contributed by atoms with Crippen LogP contribution in [0.2, 0.25) is 0 Å². The Labute approximate surface area is 113 Å². The van der Waals surface area contributed by atoms with E-state index in [0.717, 1.165) is 19.3 Å². The number of nitrogens with one attached hydrogen (secondary N) is 1. The molecule has 0 aromatic carbocycles. The zero-order valence-corrected chi connectivity index (χ0v) is 12.0. The molecule has 1 amide bonds. The number of amides is 1. The van der Waals surface area contributed by atoms with Crippen LogP contribution < -0.4 is 5.32 Å². The smallest absolute Gasteiger partial charge is 0.408 e. The minimum Gasteiger partial charge on any atom is -0.481 e. The number of hydrogen-bond acceptors (Lipinski definition) is 3. The third kappa shape index (κ3) is 2.85. The van der Waals surface area contributed by atoms with E-state index in [-0.39, 0.29) is 17.4 Å².